The maximum atomic E-state index is 13.4. The smallest absolute Gasteiger partial charge is 0.141 e. The molecule has 1 aliphatic rings. The van der Waals surface area contributed by atoms with Crippen LogP contribution in [0.3, 0.4) is 0 Å². The molecule has 1 saturated heterocycles. The van der Waals surface area contributed by atoms with Gasteiger partial charge in [0.15, 0.2) is 0 Å². The van der Waals surface area contributed by atoms with E-state index >= 15 is 0 Å². The average molecular weight is 550 g/mol. The summed E-state index contributed by atoms with van der Waals surface area (Å²) in [5.74, 6) is 0.828. The van der Waals surface area contributed by atoms with Crippen molar-refractivity contribution in [2.24, 2.45) is 5.16 Å². The van der Waals surface area contributed by atoms with Crippen molar-refractivity contribution in [3.05, 3.63) is 89.0 Å². The number of ether oxygens (including phenoxy) is 2. The number of anilines is 2. The van der Waals surface area contributed by atoms with Crippen LogP contribution in [0.1, 0.15) is 17.5 Å². The molecule has 39 heavy (non-hydrogen) atoms. The predicted molar refractivity (Wildman–Crippen MR) is 150 cm³/mol. The van der Waals surface area contributed by atoms with Crippen molar-refractivity contribution in [1.82, 2.24) is 14.9 Å². The molecule has 0 saturated carbocycles. The molecule has 1 N–H and O–H groups in total. The Morgan fingerprint density at radius 1 is 1.08 bits per heavy atom. The number of morpholine rings is 1. The van der Waals surface area contributed by atoms with Crippen molar-refractivity contribution in [2.45, 2.75) is 13.0 Å². The molecule has 0 amide bonds. The maximum Gasteiger partial charge on any atom is 0.141 e. The number of hydrogen-bond donors (Lipinski definition) is 1. The molecule has 0 unspecified atom stereocenters. The second-order valence-electron chi connectivity index (χ2n) is 9.06. The largest absolute Gasteiger partial charge is 0.487 e. The Balaban J connectivity index is 1.19. The Kier molecular flexibility index (Phi) is 9.16. The highest BCUT2D eigenvalue weighted by Gasteiger charge is 2.10. The summed E-state index contributed by atoms with van der Waals surface area (Å²) in [7, 11) is 0. The van der Waals surface area contributed by atoms with E-state index in [2.05, 4.69) is 25.3 Å². The summed E-state index contributed by atoms with van der Waals surface area (Å²) < 4.78 is 24.6. The monoisotopic (exact) mass is 549 g/mol. The molecule has 0 atom stereocenters. The maximum absolute atomic E-state index is 13.4. The van der Waals surface area contributed by atoms with E-state index in [1.807, 2.05) is 24.3 Å². The zero-order valence-corrected chi connectivity index (χ0v) is 22.1. The minimum Gasteiger partial charge on any atom is -0.487 e. The lowest BCUT2D eigenvalue weighted by Gasteiger charge is -2.26. The first-order valence-electron chi connectivity index (χ1n) is 12.8. The summed E-state index contributed by atoms with van der Waals surface area (Å²) >= 11 is 6.46. The Morgan fingerprint density at radius 2 is 1.97 bits per heavy atom. The number of nitrogens with zero attached hydrogens (tertiary/aromatic N) is 4. The van der Waals surface area contributed by atoms with E-state index in [1.54, 1.807) is 30.5 Å². The molecule has 0 spiro atoms. The van der Waals surface area contributed by atoms with Crippen molar-refractivity contribution in [2.75, 3.05) is 44.8 Å². The molecular weight excluding hydrogens is 521 g/mol. The van der Waals surface area contributed by atoms with E-state index in [4.69, 9.17) is 25.9 Å². The fourth-order valence-electron chi connectivity index (χ4n) is 4.20. The molecule has 0 radical (unpaired) electrons. The molecule has 10 heteroatoms. The van der Waals surface area contributed by atoms with Gasteiger partial charge in [0.2, 0.25) is 0 Å². The zero-order chi connectivity index (χ0) is 26.9. The van der Waals surface area contributed by atoms with Crippen LogP contribution < -0.4 is 10.1 Å². The van der Waals surface area contributed by atoms with Gasteiger partial charge in [-0.3, -0.25) is 4.90 Å². The summed E-state index contributed by atoms with van der Waals surface area (Å²) in [6, 6.07) is 17.4. The van der Waals surface area contributed by atoms with Gasteiger partial charge in [0, 0.05) is 30.7 Å². The Morgan fingerprint density at radius 3 is 2.82 bits per heavy atom. The standard InChI is InChI=1S/C29H29ClFN5O3/c30-26-17-24(6-8-28(26)38-19-22-3-1-4-23(31)15-22)35-29-25-16-21(5-7-27(25)32-20-33-29)18-34-39-12-2-9-36-10-13-37-14-11-36/h1,3-8,15-18,20H,2,9-14,19H2,(H,32,33,35)/b34-18+. The molecule has 5 rings (SSSR count). The summed E-state index contributed by atoms with van der Waals surface area (Å²) in [4.78, 5) is 16.6. The van der Waals surface area contributed by atoms with Gasteiger partial charge in [-0.1, -0.05) is 35.0 Å². The first-order valence-corrected chi connectivity index (χ1v) is 13.2. The highest BCUT2D eigenvalue weighted by atomic mass is 35.5. The van der Waals surface area contributed by atoms with Crippen LogP contribution in [0.4, 0.5) is 15.9 Å². The summed E-state index contributed by atoms with van der Waals surface area (Å²) in [6.07, 6.45) is 4.11. The van der Waals surface area contributed by atoms with Crippen LogP contribution in [0.25, 0.3) is 10.9 Å². The number of benzene rings is 3. The summed E-state index contributed by atoms with van der Waals surface area (Å²) in [6.45, 7) is 5.28. The molecule has 1 fully saturated rings. The number of aromatic nitrogens is 2. The van der Waals surface area contributed by atoms with Gasteiger partial charge in [-0.2, -0.15) is 0 Å². The Hall–Kier alpha value is -3.79. The number of halogens is 2. The summed E-state index contributed by atoms with van der Waals surface area (Å²) in [5, 5.41) is 8.69. The van der Waals surface area contributed by atoms with E-state index in [9.17, 15) is 4.39 Å². The lowest BCUT2D eigenvalue weighted by Crippen LogP contribution is -2.37. The molecular formula is C29H29ClFN5O3. The third-order valence-electron chi connectivity index (χ3n) is 6.23. The first kappa shape index (κ1) is 26.8. The molecule has 1 aliphatic heterocycles. The Bertz CT molecular complexity index is 1430. The Labute approximate surface area is 231 Å². The number of rotatable bonds is 11. The van der Waals surface area contributed by atoms with Crippen LogP contribution in [-0.2, 0) is 16.2 Å². The number of hydrogen-bond acceptors (Lipinski definition) is 8. The molecule has 202 valence electrons. The normalized spacial score (nSPS) is 14.1. The number of oxime groups is 1. The lowest BCUT2D eigenvalue weighted by atomic mass is 10.1. The molecule has 4 aromatic rings. The van der Waals surface area contributed by atoms with E-state index in [0.29, 0.717) is 23.2 Å². The van der Waals surface area contributed by atoms with E-state index in [1.165, 1.54) is 18.5 Å². The molecule has 8 nitrogen and oxygen atoms in total. The van der Waals surface area contributed by atoms with Crippen molar-refractivity contribution in [3.63, 3.8) is 0 Å². The van der Waals surface area contributed by atoms with Gasteiger partial charge < -0.3 is 19.6 Å². The molecule has 2 heterocycles. The third kappa shape index (κ3) is 7.63. The highest BCUT2D eigenvalue weighted by molar-refractivity contribution is 6.32. The second-order valence-corrected chi connectivity index (χ2v) is 9.47. The van der Waals surface area contributed by atoms with Crippen LogP contribution in [-0.4, -0.2) is 60.5 Å². The first-order chi connectivity index (χ1) is 19.1. The van der Waals surface area contributed by atoms with E-state index < -0.39 is 0 Å². The zero-order valence-electron chi connectivity index (χ0n) is 21.4. The van der Waals surface area contributed by atoms with Crippen LogP contribution in [0.15, 0.2) is 72.1 Å². The van der Waals surface area contributed by atoms with Gasteiger partial charge >= 0.3 is 0 Å². The van der Waals surface area contributed by atoms with Gasteiger partial charge in [-0.15, -0.1) is 0 Å². The van der Waals surface area contributed by atoms with Gasteiger partial charge in [-0.05, 0) is 60.0 Å². The highest BCUT2D eigenvalue weighted by Crippen LogP contribution is 2.31. The van der Waals surface area contributed by atoms with E-state index in [-0.39, 0.29) is 12.4 Å². The third-order valence-corrected chi connectivity index (χ3v) is 6.52. The van der Waals surface area contributed by atoms with Gasteiger partial charge in [0.1, 0.15) is 36.9 Å². The molecule has 0 bridgehead atoms. The second kappa shape index (κ2) is 13.3. The van der Waals surface area contributed by atoms with Crippen molar-refractivity contribution in [3.8, 4) is 5.75 Å². The van der Waals surface area contributed by atoms with Gasteiger partial charge in [-0.25, -0.2) is 14.4 Å². The number of nitrogens with one attached hydrogen (secondary N) is 1. The predicted octanol–water partition coefficient (Wildman–Crippen LogP) is 5.82. The van der Waals surface area contributed by atoms with Crippen LogP contribution in [0.5, 0.6) is 5.75 Å². The summed E-state index contributed by atoms with van der Waals surface area (Å²) in [5.41, 5.74) is 3.11. The van der Waals surface area contributed by atoms with Crippen molar-refractivity contribution in [1.29, 1.82) is 0 Å². The van der Waals surface area contributed by atoms with Crippen LogP contribution >= 0.6 is 11.6 Å². The molecule has 3 aromatic carbocycles. The minimum absolute atomic E-state index is 0.211. The van der Waals surface area contributed by atoms with Crippen molar-refractivity contribution >= 4 is 40.2 Å². The van der Waals surface area contributed by atoms with Crippen molar-refractivity contribution < 1.29 is 18.7 Å². The van der Waals surface area contributed by atoms with E-state index in [0.717, 1.165) is 67.0 Å². The quantitative estimate of drug-likeness (QED) is 0.143. The van der Waals surface area contributed by atoms with Gasteiger partial charge in [0.25, 0.3) is 0 Å². The topological polar surface area (TPSA) is 81.1 Å². The fraction of sp³-hybridized carbons (Fsp3) is 0.276. The van der Waals surface area contributed by atoms with Crippen LogP contribution in [0, 0.1) is 5.82 Å². The number of fused-ring (bicyclic) bond motifs is 1. The molecule has 1 aromatic heterocycles. The molecule has 0 aliphatic carbocycles. The van der Waals surface area contributed by atoms with Crippen LogP contribution in [0.2, 0.25) is 5.02 Å². The lowest BCUT2D eigenvalue weighted by molar-refractivity contribution is 0.0323. The fourth-order valence-corrected chi connectivity index (χ4v) is 4.44. The minimum atomic E-state index is -0.305. The SMILES string of the molecule is Fc1cccc(COc2ccc(Nc3ncnc4ccc(/C=N/OCCCN5CCOCC5)cc34)cc2Cl)c1. The average Bonchev–Trinajstić information content (AvgIpc) is 2.95. The van der Waals surface area contributed by atoms with Gasteiger partial charge in [0.05, 0.1) is 30.0 Å².